The van der Waals surface area contributed by atoms with Crippen molar-refractivity contribution in [2.75, 3.05) is 45.0 Å². The maximum atomic E-state index is 12.9. The van der Waals surface area contributed by atoms with Gasteiger partial charge in [0.25, 0.3) is 5.91 Å². The van der Waals surface area contributed by atoms with Crippen LogP contribution < -0.4 is 5.32 Å². The Morgan fingerprint density at radius 2 is 1.65 bits per heavy atom. The van der Waals surface area contributed by atoms with Crippen molar-refractivity contribution in [3.05, 3.63) is 65.7 Å². The van der Waals surface area contributed by atoms with E-state index in [0.29, 0.717) is 56.5 Å². The molecule has 0 unspecified atom stereocenters. The van der Waals surface area contributed by atoms with Gasteiger partial charge in [-0.05, 0) is 44.5 Å². The van der Waals surface area contributed by atoms with Crippen LogP contribution in [0.1, 0.15) is 35.1 Å². The molecule has 4 rings (SSSR count). The Balaban J connectivity index is 1.23. The molecule has 10 heteroatoms. The second kappa shape index (κ2) is 13.1. The molecule has 0 atom stereocenters. The van der Waals surface area contributed by atoms with Crippen molar-refractivity contribution in [3.8, 4) is 11.3 Å². The van der Waals surface area contributed by atoms with Crippen LogP contribution in [0.3, 0.4) is 0 Å². The summed E-state index contributed by atoms with van der Waals surface area (Å²) in [4.78, 5) is 17.4. The molecule has 37 heavy (non-hydrogen) atoms. The second-order valence-electron chi connectivity index (χ2n) is 8.70. The van der Waals surface area contributed by atoms with Gasteiger partial charge in [0.1, 0.15) is 11.3 Å². The Kier molecular flexibility index (Phi) is 9.36. The lowest BCUT2D eigenvalue weighted by molar-refractivity contribution is 0.0128. The fourth-order valence-electron chi connectivity index (χ4n) is 3.88. The van der Waals surface area contributed by atoms with Gasteiger partial charge in [-0.2, -0.15) is 0 Å². The molecule has 0 bridgehead atoms. The molecule has 0 radical (unpaired) electrons. The Morgan fingerprint density at radius 1 is 0.946 bits per heavy atom. The number of benzene rings is 1. The highest BCUT2D eigenvalue weighted by Gasteiger charge is 2.14. The molecule has 1 amide bonds. The molecule has 0 saturated carbocycles. The summed E-state index contributed by atoms with van der Waals surface area (Å²) in [6, 6.07) is 11.3. The van der Waals surface area contributed by atoms with E-state index in [2.05, 4.69) is 27.5 Å². The van der Waals surface area contributed by atoms with Crippen LogP contribution in [0.25, 0.3) is 16.9 Å². The molecule has 1 N–H and O–H groups in total. The normalized spacial score (nSPS) is 11.3. The van der Waals surface area contributed by atoms with Crippen molar-refractivity contribution in [1.82, 2.24) is 24.4 Å². The molecule has 0 aliphatic rings. The third-order valence-corrected chi connectivity index (χ3v) is 5.72. The van der Waals surface area contributed by atoms with E-state index in [1.807, 2.05) is 61.0 Å². The number of nitrogens with zero attached hydrogens (tertiary/aromatic N) is 5. The molecule has 0 saturated heterocycles. The molecule has 4 aromatic rings. The lowest BCUT2D eigenvalue weighted by Crippen LogP contribution is -2.12. The van der Waals surface area contributed by atoms with Gasteiger partial charge in [0.15, 0.2) is 0 Å². The minimum absolute atomic E-state index is 0.200. The number of rotatable bonds is 14. The zero-order chi connectivity index (χ0) is 26.0. The third-order valence-electron chi connectivity index (χ3n) is 5.72. The zero-order valence-electron chi connectivity index (χ0n) is 21.6. The number of aromatic nitrogens is 5. The third kappa shape index (κ3) is 7.22. The Hall–Kier alpha value is -3.60. The number of carbonyl (C=O) groups excluding carboxylic acids is 1. The summed E-state index contributed by atoms with van der Waals surface area (Å²) >= 11 is 0. The summed E-state index contributed by atoms with van der Waals surface area (Å²) in [6.45, 7) is 10.1. The van der Waals surface area contributed by atoms with Gasteiger partial charge in [0.2, 0.25) is 0 Å². The molecular formula is C27H34N6O4. The van der Waals surface area contributed by atoms with Gasteiger partial charge in [-0.1, -0.05) is 24.3 Å². The predicted molar refractivity (Wildman–Crippen MR) is 141 cm³/mol. The first kappa shape index (κ1) is 26.5. The molecule has 0 aliphatic heterocycles. The van der Waals surface area contributed by atoms with Gasteiger partial charge in [-0.25, -0.2) is 9.67 Å². The van der Waals surface area contributed by atoms with Gasteiger partial charge >= 0.3 is 0 Å². The van der Waals surface area contributed by atoms with Crippen molar-refractivity contribution < 1.29 is 19.0 Å². The molecular weight excluding hydrogens is 472 g/mol. The summed E-state index contributed by atoms with van der Waals surface area (Å²) in [6.07, 6.45) is 4.76. The Labute approximate surface area is 216 Å². The first-order chi connectivity index (χ1) is 18.0. The van der Waals surface area contributed by atoms with E-state index in [1.165, 1.54) is 0 Å². The standard InChI is InChI=1S/C27H34N6O4/c1-4-12-35-14-16-37-17-15-36-13-11-32-19-25(30-31-32)22-5-7-23(8-6-22)29-27(34)24-9-10-33-21(3)18-20(2)28-26(24)33/h5-10,18-19H,4,11-17H2,1-3H3,(H,29,34). The van der Waals surface area contributed by atoms with E-state index in [0.717, 1.165) is 35.7 Å². The molecule has 3 aromatic heterocycles. The Morgan fingerprint density at radius 3 is 2.38 bits per heavy atom. The number of carbonyl (C=O) groups is 1. The molecule has 10 nitrogen and oxygen atoms in total. The largest absolute Gasteiger partial charge is 0.379 e. The Bertz CT molecular complexity index is 1300. The highest BCUT2D eigenvalue weighted by molar-refractivity contribution is 6.08. The molecule has 0 fully saturated rings. The molecule has 1 aromatic carbocycles. The zero-order valence-corrected chi connectivity index (χ0v) is 21.6. The van der Waals surface area contributed by atoms with E-state index < -0.39 is 0 Å². The summed E-state index contributed by atoms with van der Waals surface area (Å²) in [5.41, 5.74) is 5.44. The van der Waals surface area contributed by atoms with E-state index >= 15 is 0 Å². The maximum absolute atomic E-state index is 12.9. The minimum Gasteiger partial charge on any atom is -0.379 e. The van der Waals surface area contributed by atoms with Crippen molar-refractivity contribution in [2.45, 2.75) is 33.7 Å². The van der Waals surface area contributed by atoms with Crippen LogP contribution >= 0.6 is 0 Å². The van der Waals surface area contributed by atoms with Gasteiger partial charge in [0, 0.05) is 35.4 Å². The summed E-state index contributed by atoms with van der Waals surface area (Å²) in [5, 5.41) is 11.4. The smallest absolute Gasteiger partial charge is 0.259 e. The van der Waals surface area contributed by atoms with E-state index in [-0.39, 0.29) is 5.91 Å². The first-order valence-electron chi connectivity index (χ1n) is 12.6. The maximum Gasteiger partial charge on any atom is 0.259 e. The highest BCUT2D eigenvalue weighted by Crippen LogP contribution is 2.21. The number of hydrogen-bond acceptors (Lipinski definition) is 7. The number of aryl methyl sites for hydroxylation is 2. The second-order valence-corrected chi connectivity index (χ2v) is 8.70. The van der Waals surface area contributed by atoms with Crippen molar-refractivity contribution in [3.63, 3.8) is 0 Å². The predicted octanol–water partition coefficient (Wildman–Crippen LogP) is 3.92. The van der Waals surface area contributed by atoms with Crippen LogP contribution in [0.2, 0.25) is 0 Å². The van der Waals surface area contributed by atoms with Gasteiger partial charge in [-0.3, -0.25) is 4.79 Å². The number of hydrogen-bond donors (Lipinski definition) is 1. The number of ether oxygens (including phenoxy) is 3. The van der Waals surface area contributed by atoms with Crippen LogP contribution in [-0.4, -0.2) is 69.9 Å². The average molecular weight is 507 g/mol. The number of amides is 1. The van der Waals surface area contributed by atoms with E-state index in [9.17, 15) is 4.79 Å². The van der Waals surface area contributed by atoms with Crippen LogP contribution in [0.4, 0.5) is 5.69 Å². The molecule has 3 heterocycles. The summed E-state index contributed by atoms with van der Waals surface area (Å²) in [7, 11) is 0. The topological polar surface area (TPSA) is 105 Å². The fraction of sp³-hybridized carbons (Fsp3) is 0.407. The fourth-order valence-corrected chi connectivity index (χ4v) is 3.88. The quantitative estimate of drug-likeness (QED) is 0.259. The SMILES string of the molecule is CCCOCCOCCOCCn1cc(-c2ccc(NC(=O)c3ccn4c(C)cc(C)nc34)cc2)nn1. The minimum atomic E-state index is -0.200. The monoisotopic (exact) mass is 506 g/mol. The van der Waals surface area contributed by atoms with Crippen molar-refractivity contribution >= 4 is 17.2 Å². The number of fused-ring (bicyclic) bond motifs is 1. The van der Waals surface area contributed by atoms with Gasteiger partial charge in [-0.15, -0.1) is 5.10 Å². The van der Waals surface area contributed by atoms with Crippen LogP contribution in [0.5, 0.6) is 0 Å². The van der Waals surface area contributed by atoms with Gasteiger partial charge in [0.05, 0.1) is 51.3 Å². The van der Waals surface area contributed by atoms with Crippen LogP contribution in [-0.2, 0) is 20.8 Å². The van der Waals surface area contributed by atoms with E-state index in [1.54, 1.807) is 10.7 Å². The number of anilines is 1. The summed E-state index contributed by atoms with van der Waals surface area (Å²) in [5.74, 6) is -0.200. The van der Waals surface area contributed by atoms with Crippen LogP contribution in [0, 0.1) is 13.8 Å². The number of nitrogens with one attached hydrogen (secondary N) is 1. The summed E-state index contributed by atoms with van der Waals surface area (Å²) < 4.78 is 20.1. The van der Waals surface area contributed by atoms with Gasteiger partial charge < -0.3 is 23.9 Å². The van der Waals surface area contributed by atoms with Crippen molar-refractivity contribution in [1.29, 1.82) is 0 Å². The molecule has 0 aliphatic carbocycles. The lowest BCUT2D eigenvalue weighted by Gasteiger charge is -2.07. The van der Waals surface area contributed by atoms with Crippen LogP contribution in [0.15, 0.2) is 48.8 Å². The lowest BCUT2D eigenvalue weighted by atomic mass is 10.1. The highest BCUT2D eigenvalue weighted by atomic mass is 16.5. The molecule has 0 spiro atoms. The molecule has 196 valence electrons. The first-order valence-corrected chi connectivity index (χ1v) is 12.6. The van der Waals surface area contributed by atoms with E-state index in [4.69, 9.17) is 14.2 Å². The average Bonchev–Trinajstić information content (AvgIpc) is 3.53. The van der Waals surface area contributed by atoms with Crippen molar-refractivity contribution in [2.24, 2.45) is 0 Å².